The number of nitrogens with one attached hydrogen (secondary N) is 1. The normalized spacial score (nSPS) is 18.8. The average molecular weight is 368 g/mol. The fraction of sp³-hybridized carbons (Fsp3) is 0.533. The monoisotopic (exact) mass is 368 g/mol. The predicted molar refractivity (Wildman–Crippen MR) is 88.5 cm³/mol. The van der Waals surface area contributed by atoms with Crippen LogP contribution in [0.3, 0.4) is 0 Å². The van der Waals surface area contributed by atoms with E-state index in [1.54, 1.807) is 17.2 Å². The Morgan fingerprint density at radius 3 is 2.96 bits per heavy atom. The smallest absolute Gasteiger partial charge is 0.329 e. The molecule has 1 saturated heterocycles. The number of hydrogen-bond donors (Lipinski definition) is 1. The first kappa shape index (κ1) is 17.5. The molecule has 0 saturated carbocycles. The number of aromatic nitrogens is 2. The van der Waals surface area contributed by atoms with Crippen LogP contribution in [-0.4, -0.2) is 42.3 Å². The molecular formula is C15H20N4O5S. The second-order valence-electron chi connectivity index (χ2n) is 6.09. The Labute approximate surface area is 145 Å². The molecule has 0 radical (unpaired) electrons. The van der Waals surface area contributed by atoms with E-state index >= 15 is 0 Å². The van der Waals surface area contributed by atoms with Crippen molar-refractivity contribution in [2.24, 2.45) is 0 Å². The first-order chi connectivity index (χ1) is 11.9. The van der Waals surface area contributed by atoms with Crippen LogP contribution >= 0.6 is 0 Å². The quantitative estimate of drug-likeness (QED) is 0.880. The number of carbonyl (C=O) groups excluding carboxylic acids is 1. The van der Waals surface area contributed by atoms with E-state index in [1.165, 1.54) is 0 Å². The summed E-state index contributed by atoms with van der Waals surface area (Å²) in [5.41, 5.74) is 0. The molecule has 1 aliphatic heterocycles. The number of rotatable bonds is 4. The van der Waals surface area contributed by atoms with Gasteiger partial charge in [0.25, 0.3) is 0 Å². The Bertz CT molecular complexity index is 815. The van der Waals surface area contributed by atoms with E-state index in [9.17, 15) is 13.2 Å². The van der Waals surface area contributed by atoms with Crippen LogP contribution in [0.4, 0.5) is 10.8 Å². The molecule has 1 N–H and O–H groups in total. The number of anilines is 1. The summed E-state index contributed by atoms with van der Waals surface area (Å²) in [6.45, 7) is 0.585. The average Bonchev–Trinajstić information content (AvgIpc) is 3.13. The minimum atomic E-state index is -3.28. The zero-order valence-electron chi connectivity index (χ0n) is 13.8. The summed E-state index contributed by atoms with van der Waals surface area (Å²) in [5, 5.41) is 6.12. The molecule has 1 atom stereocenters. The van der Waals surface area contributed by atoms with Crippen LogP contribution in [-0.2, 0) is 15.6 Å². The number of amides is 2. The van der Waals surface area contributed by atoms with E-state index in [2.05, 4.69) is 15.5 Å². The Kier molecular flexibility index (Phi) is 5.07. The van der Waals surface area contributed by atoms with Gasteiger partial charge in [-0.15, -0.1) is 0 Å². The Hall–Kier alpha value is -2.36. The molecule has 3 heterocycles. The number of urea groups is 1. The molecule has 2 aromatic heterocycles. The van der Waals surface area contributed by atoms with Crippen molar-refractivity contribution in [2.75, 3.05) is 18.1 Å². The van der Waals surface area contributed by atoms with Crippen molar-refractivity contribution in [3.63, 3.8) is 0 Å². The Balaban J connectivity index is 1.72. The van der Waals surface area contributed by atoms with Crippen LogP contribution in [0.5, 0.6) is 0 Å². The zero-order chi connectivity index (χ0) is 17.9. The largest absolute Gasteiger partial charge is 0.467 e. The number of likely N-dealkylation sites (tertiary alicyclic amines) is 1. The summed E-state index contributed by atoms with van der Waals surface area (Å²) in [6, 6.07) is 3.00. The highest BCUT2D eigenvalue weighted by atomic mass is 32.2. The van der Waals surface area contributed by atoms with Gasteiger partial charge in [0, 0.05) is 12.8 Å². The molecule has 1 aliphatic rings. The highest BCUT2D eigenvalue weighted by Gasteiger charge is 2.29. The van der Waals surface area contributed by atoms with Gasteiger partial charge >= 0.3 is 12.0 Å². The van der Waals surface area contributed by atoms with Gasteiger partial charge < -0.3 is 13.8 Å². The second kappa shape index (κ2) is 7.26. The van der Waals surface area contributed by atoms with Crippen molar-refractivity contribution in [1.29, 1.82) is 0 Å². The van der Waals surface area contributed by atoms with Gasteiger partial charge in [-0.3, -0.25) is 5.32 Å². The van der Waals surface area contributed by atoms with Crippen LogP contribution in [0, 0.1) is 0 Å². The lowest BCUT2D eigenvalue weighted by Gasteiger charge is -2.28. The lowest BCUT2D eigenvalue weighted by atomic mass is 10.1. The summed E-state index contributed by atoms with van der Waals surface area (Å²) < 4.78 is 32.9. The van der Waals surface area contributed by atoms with Gasteiger partial charge in [0.1, 0.15) is 11.5 Å². The maximum Gasteiger partial charge on any atom is 0.329 e. The maximum atomic E-state index is 12.6. The third-order valence-corrected chi connectivity index (χ3v) is 4.74. The van der Waals surface area contributed by atoms with Crippen molar-refractivity contribution in [1.82, 2.24) is 15.0 Å². The van der Waals surface area contributed by atoms with Gasteiger partial charge in [-0.2, -0.15) is 4.98 Å². The molecule has 0 bridgehead atoms. The fourth-order valence-electron chi connectivity index (χ4n) is 2.89. The molecule has 136 valence electrons. The molecule has 0 aliphatic carbocycles. The lowest BCUT2D eigenvalue weighted by molar-refractivity contribution is 0.178. The van der Waals surface area contributed by atoms with Crippen LogP contribution in [0.1, 0.15) is 43.3 Å². The minimum Gasteiger partial charge on any atom is -0.467 e. The molecule has 0 aromatic carbocycles. The van der Waals surface area contributed by atoms with E-state index in [0.717, 1.165) is 37.7 Å². The van der Waals surface area contributed by atoms with Gasteiger partial charge in [-0.25, -0.2) is 13.2 Å². The molecule has 0 spiro atoms. The van der Waals surface area contributed by atoms with Gasteiger partial charge in [0.2, 0.25) is 0 Å². The molecule has 10 heteroatoms. The standard InChI is InChI=1S/C15H20N4O5S/c1-25(21,22)10-13-16-14(24-18-13)17-15(20)19-8-4-2-3-6-11(19)12-7-5-9-23-12/h5,7,9,11H,2-4,6,8,10H2,1H3,(H,16,17,18,20). The third-order valence-electron chi connectivity index (χ3n) is 3.96. The van der Waals surface area contributed by atoms with Crippen molar-refractivity contribution in [3.05, 3.63) is 30.0 Å². The zero-order valence-corrected chi connectivity index (χ0v) is 14.7. The lowest BCUT2D eigenvalue weighted by Crippen LogP contribution is -2.38. The van der Waals surface area contributed by atoms with E-state index in [-0.39, 0.29) is 29.7 Å². The predicted octanol–water partition coefficient (Wildman–Crippen LogP) is 2.36. The van der Waals surface area contributed by atoms with E-state index in [0.29, 0.717) is 6.54 Å². The van der Waals surface area contributed by atoms with Crippen LogP contribution in [0.25, 0.3) is 0 Å². The number of hydrogen-bond acceptors (Lipinski definition) is 7. The van der Waals surface area contributed by atoms with Crippen molar-refractivity contribution in [3.8, 4) is 0 Å². The van der Waals surface area contributed by atoms with E-state index in [4.69, 9.17) is 8.94 Å². The van der Waals surface area contributed by atoms with Crippen molar-refractivity contribution >= 4 is 21.9 Å². The summed E-state index contributed by atoms with van der Waals surface area (Å²) in [6.07, 6.45) is 6.42. The fourth-order valence-corrected chi connectivity index (χ4v) is 3.48. The van der Waals surface area contributed by atoms with Gasteiger partial charge in [-0.05, 0) is 25.0 Å². The summed E-state index contributed by atoms with van der Waals surface area (Å²) in [7, 11) is -3.28. The van der Waals surface area contributed by atoms with Gasteiger partial charge in [0.05, 0.1) is 12.3 Å². The first-order valence-corrected chi connectivity index (χ1v) is 10.1. The van der Waals surface area contributed by atoms with Crippen molar-refractivity contribution in [2.45, 2.75) is 37.5 Å². The highest BCUT2D eigenvalue weighted by Crippen LogP contribution is 2.30. The number of furan rings is 1. The molecule has 25 heavy (non-hydrogen) atoms. The minimum absolute atomic E-state index is 0.0104. The molecule has 2 aromatic rings. The van der Waals surface area contributed by atoms with Crippen LogP contribution in [0.2, 0.25) is 0 Å². The highest BCUT2D eigenvalue weighted by molar-refractivity contribution is 7.89. The third kappa shape index (κ3) is 4.59. The Morgan fingerprint density at radius 2 is 2.24 bits per heavy atom. The van der Waals surface area contributed by atoms with Crippen molar-refractivity contribution < 1.29 is 22.2 Å². The molecule has 9 nitrogen and oxygen atoms in total. The molecule has 1 unspecified atom stereocenters. The SMILES string of the molecule is CS(=O)(=O)Cc1noc(NC(=O)N2CCCCCC2c2ccco2)n1. The van der Waals surface area contributed by atoms with Gasteiger partial charge in [0.15, 0.2) is 15.7 Å². The van der Waals surface area contributed by atoms with E-state index in [1.807, 2.05) is 6.07 Å². The Morgan fingerprint density at radius 1 is 1.40 bits per heavy atom. The molecular weight excluding hydrogens is 348 g/mol. The molecule has 2 amide bonds. The maximum absolute atomic E-state index is 12.6. The number of nitrogens with zero attached hydrogens (tertiary/aromatic N) is 3. The number of carbonyl (C=O) groups is 1. The molecule has 1 fully saturated rings. The summed E-state index contributed by atoms with van der Waals surface area (Å²) in [4.78, 5) is 18.2. The summed E-state index contributed by atoms with van der Waals surface area (Å²) in [5.74, 6) is 0.405. The second-order valence-corrected chi connectivity index (χ2v) is 8.23. The molecule has 3 rings (SSSR count). The van der Waals surface area contributed by atoms with E-state index < -0.39 is 9.84 Å². The number of sulfone groups is 1. The van der Waals surface area contributed by atoms with Crippen LogP contribution in [0.15, 0.2) is 27.3 Å². The van der Waals surface area contributed by atoms with Gasteiger partial charge in [-0.1, -0.05) is 18.0 Å². The first-order valence-electron chi connectivity index (χ1n) is 8.04. The summed E-state index contributed by atoms with van der Waals surface area (Å²) >= 11 is 0. The topological polar surface area (TPSA) is 119 Å². The van der Waals surface area contributed by atoms with Crippen LogP contribution < -0.4 is 5.32 Å².